The van der Waals surface area contributed by atoms with Crippen molar-refractivity contribution in [2.75, 3.05) is 32.7 Å². The number of aromatic nitrogens is 2. The van der Waals surface area contributed by atoms with Gasteiger partial charge >= 0.3 is 0 Å². The number of sulfonamides is 1. The smallest absolute Gasteiger partial charge is 0.247 e. The molecule has 0 unspecified atom stereocenters. The zero-order chi connectivity index (χ0) is 20.3. The van der Waals surface area contributed by atoms with Gasteiger partial charge in [0.2, 0.25) is 21.8 Å². The molecule has 0 atom stereocenters. The second kappa shape index (κ2) is 8.44. The predicted molar refractivity (Wildman–Crippen MR) is 110 cm³/mol. The molecule has 2 aromatic carbocycles. The Morgan fingerprint density at radius 1 is 0.966 bits per heavy atom. The predicted octanol–water partition coefficient (Wildman–Crippen LogP) is 2.59. The van der Waals surface area contributed by atoms with Gasteiger partial charge in [-0.2, -0.15) is 4.31 Å². The number of nitrogens with zero attached hydrogens (tertiary/aromatic N) is 4. The van der Waals surface area contributed by atoms with E-state index in [2.05, 4.69) is 15.1 Å². The van der Waals surface area contributed by atoms with Crippen molar-refractivity contribution in [3.05, 3.63) is 66.1 Å². The Morgan fingerprint density at radius 2 is 1.72 bits per heavy atom. The van der Waals surface area contributed by atoms with Gasteiger partial charge in [-0.15, -0.1) is 10.2 Å². The Balaban J connectivity index is 1.31. The maximum atomic E-state index is 12.8. The normalized spacial score (nSPS) is 16.2. The Hall–Kier alpha value is -2.55. The minimum absolute atomic E-state index is 0.366. The largest absolute Gasteiger partial charge is 0.421 e. The molecule has 0 amide bonds. The minimum Gasteiger partial charge on any atom is -0.421 e. The second-order valence-electron chi connectivity index (χ2n) is 7.18. The van der Waals surface area contributed by atoms with Crippen molar-refractivity contribution in [1.82, 2.24) is 19.4 Å². The highest BCUT2D eigenvalue weighted by Gasteiger charge is 2.28. The van der Waals surface area contributed by atoms with Gasteiger partial charge in [-0.05, 0) is 36.8 Å². The first kappa shape index (κ1) is 19.8. The van der Waals surface area contributed by atoms with Crippen LogP contribution in [0.15, 0.2) is 63.9 Å². The molecule has 2 heterocycles. The van der Waals surface area contributed by atoms with Crippen LogP contribution in [0.5, 0.6) is 0 Å². The molecule has 4 rings (SSSR count). The number of aryl methyl sites for hydroxylation is 1. The fraction of sp³-hybridized carbons (Fsp3) is 0.333. The van der Waals surface area contributed by atoms with Gasteiger partial charge in [0.25, 0.3) is 0 Å². The summed E-state index contributed by atoms with van der Waals surface area (Å²) in [5.41, 5.74) is 1.85. The summed E-state index contributed by atoms with van der Waals surface area (Å²) in [4.78, 5) is 2.60. The average molecular weight is 413 g/mol. The summed E-state index contributed by atoms with van der Waals surface area (Å²) in [7, 11) is -3.44. The number of rotatable bonds is 6. The maximum Gasteiger partial charge on any atom is 0.247 e. The molecular weight excluding hydrogens is 388 g/mol. The Bertz CT molecular complexity index is 1060. The van der Waals surface area contributed by atoms with Crippen molar-refractivity contribution >= 4 is 10.0 Å². The quantitative estimate of drug-likeness (QED) is 0.619. The second-order valence-corrected chi connectivity index (χ2v) is 9.12. The van der Waals surface area contributed by atoms with Crippen molar-refractivity contribution in [1.29, 1.82) is 0 Å². The van der Waals surface area contributed by atoms with E-state index in [9.17, 15) is 8.42 Å². The van der Waals surface area contributed by atoms with Gasteiger partial charge in [0.1, 0.15) is 0 Å². The zero-order valence-electron chi connectivity index (χ0n) is 16.4. The Labute approximate surface area is 171 Å². The summed E-state index contributed by atoms with van der Waals surface area (Å²) in [5, 5.41) is 8.24. The van der Waals surface area contributed by atoms with Crippen LogP contribution in [0.25, 0.3) is 11.5 Å². The third-order valence-electron chi connectivity index (χ3n) is 5.09. The van der Waals surface area contributed by atoms with Crippen LogP contribution in [-0.2, 0) is 16.4 Å². The molecule has 0 aliphatic carbocycles. The van der Waals surface area contributed by atoms with Crippen molar-refractivity contribution in [2.45, 2.75) is 18.2 Å². The van der Waals surface area contributed by atoms with Gasteiger partial charge in [-0.25, -0.2) is 8.42 Å². The Morgan fingerprint density at radius 3 is 2.45 bits per heavy atom. The molecule has 152 valence electrons. The van der Waals surface area contributed by atoms with Crippen LogP contribution in [0, 0.1) is 6.92 Å². The number of benzene rings is 2. The van der Waals surface area contributed by atoms with E-state index in [0.717, 1.165) is 17.7 Å². The van der Waals surface area contributed by atoms with Crippen LogP contribution in [0.3, 0.4) is 0 Å². The lowest BCUT2D eigenvalue weighted by Gasteiger charge is -2.33. The van der Waals surface area contributed by atoms with E-state index < -0.39 is 10.0 Å². The highest BCUT2D eigenvalue weighted by atomic mass is 32.2. The minimum atomic E-state index is -3.44. The molecule has 0 saturated carbocycles. The number of hydrogen-bond acceptors (Lipinski definition) is 6. The van der Waals surface area contributed by atoms with Gasteiger partial charge in [0.15, 0.2) is 0 Å². The lowest BCUT2D eigenvalue weighted by atomic mass is 10.2. The topological polar surface area (TPSA) is 79.5 Å². The summed E-state index contributed by atoms with van der Waals surface area (Å²) in [5.74, 6) is 1.12. The lowest BCUT2D eigenvalue weighted by molar-refractivity contribution is 0.187. The van der Waals surface area contributed by atoms with Crippen molar-refractivity contribution in [3.8, 4) is 11.5 Å². The van der Waals surface area contributed by atoms with Crippen molar-refractivity contribution in [3.63, 3.8) is 0 Å². The van der Waals surface area contributed by atoms with Crippen LogP contribution in [-0.4, -0.2) is 60.5 Å². The molecule has 3 aromatic rings. The van der Waals surface area contributed by atoms with Gasteiger partial charge in [0.05, 0.1) is 4.90 Å². The first-order chi connectivity index (χ1) is 14.0. The van der Waals surface area contributed by atoms with Crippen LogP contribution in [0.4, 0.5) is 0 Å². The zero-order valence-corrected chi connectivity index (χ0v) is 17.2. The van der Waals surface area contributed by atoms with Crippen LogP contribution in [0.1, 0.15) is 11.5 Å². The monoisotopic (exact) mass is 412 g/mol. The average Bonchev–Trinajstić information content (AvgIpc) is 3.22. The SMILES string of the molecule is Cc1cccc(S(=O)(=O)N2CCN(CCc3nnc(-c4ccccc4)o3)CC2)c1. The highest BCUT2D eigenvalue weighted by Crippen LogP contribution is 2.20. The van der Waals surface area contributed by atoms with Crippen molar-refractivity contribution < 1.29 is 12.8 Å². The molecule has 1 fully saturated rings. The van der Waals surface area contributed by atoms with Gasteiger partial charge in [-0.1, -0.05) is 30.3 Å². The molecular formula is C21H24N4O3S. The first-order valence-electron chi connectivity index (χ1n) is 9.69. The molecule has 0 spiro atoms. The molecule has 1 saturated heterocycles. The molecule has 0 N–H and O–H groups in total. The van der Waals surface area contributed by atoms with E-state index in [1.807, 2.05) is 43.3 Å². The number of piperazine rings is 1. The van der Waals surface area contributed by atoms with E-state index in [0.29, 0.717) is 49.3 Å². The van der Waals surface area contributed by atoms with Crippen LogP contribution < -0.4 is 0 Å². The molecule has 0 bridgehead atoms. The Kier molecular flexibility index (Phi) is 5.75. The van der Waals surface area contributed by atoms with E-state index >= 15 is 0 Å². The third kappa shape index (κ3) is 4.55. The van der Waals surface area contributed by atoms with Gasteiger partial charge in [0, 0.05) is 44.7 Å². The fourth-order valence-corrected chi connectivity index (χ4v) is 4.95. The maximum absolute atomic E-state index is 12.8. The first-order valence-corrected chi connectivity index (χ1v) is 11.1. The lowest BCUT2D eigenvalue weighted by Crippen LogP contribution is -2.49. The summed E-state index contributed by atoms with van der Waals surface area (Å²) < 4.78 is 33.0. The van der Waals surface area contributed by atoms with E-state index in [1.165, 1.54) is 0 Å². The standard InChI is InChI=1S/C21H24N4O3S/c1-17-6-5-9-19(16-17)29(26,27)25-14-12-24(13-15-25)11-10-20-22-23-21(28-20)18-7-3-2-4-8-18/h2-9,16H,10-15H2,1H3. The van der Waals surface area contributed by atoms with Crippen LogP contribution in [0.2, 0.25) is 0 Å². The molecule has 29 heavy (non-hydrogen) atoms. The summed E-state index contributed by atoms with van der Waals surface area (Å²) in [6, 6.07) is 16.8. The van der Waals surface area contributed by atoms with Gasteiger partial charge < -0.3 is 9.32 Å². The van der Waals surface area contributed by atoms with E-state index in [1.54, 1.807) is 22.5 Å². The fourth-order valence-electron chi connectivity index (χ4n) is 3.42. The highest BCUT2D eigenvalue weighted by molar-refractivity contribution is 7.89. The molecule has 7 nitrogen and oxygen atoms in total. The van der Waals surface area contributed by atoms with E-state index in [4.69, 9.17) is 4.42 Å². The number of hydrogen-bond donors (Lipinski definition) is 0. The van der Waals surface area contributed by atoms with Crippen molar-refractivity contribution in [2.24, 2.45) is 0 Å². The van der Waals surface area contributed by atoms with Gasteiger partial charge in [-0.3, -0.25) is 0 Å². The molecule has 0 radical (unpaired) electrons. The molecule has 8 heteroatoms. The van der Waals surface area contributed by atoms with E-state index in [-0.39, 0.29) is 0 Å². The molecule has 1 aliphatic heterocycles. The summed E-state index contributed by atoms with van der Waals surface area (Å²) in [6.07, 6.45) is 0.643. The summed E-state index contributed by atoms with van der Waals surface area (Å²) >= 11 is 0. The summed E-state index contributed by atoms with van der Waals surface area (Å²) in [6.45, 7) is 4.99. The molecule has 1 aliphatic rings. The van der Waals surface area contributed by atoms with Crippen LogP contribution >= 0.6 is 0 Å². The third-order valence-corrected chi connectivity index (χ3v) is 6.98. The molecule has 1 aromatic heterocycles.